The molecule has 0 spiro atoms. The molecule has 0 unspecified atom stereocenters. The van der Waals surface area contributed by atoms with Gasteiger partial charge in [-0.15, -0.1) is 0 Å². The molecule has 98 valence electrons. The number of carboxylic acid groups (broad SMARTS) is 1. The summed E-state index contributed by atoms with van der Waals surface area (Å²) in [5.74, 6) is -0.507. The maximum Gasteiger partial charge on any atom is 0.329 e. The lowest BCUT2D eigenvalue weighted by molar-refractivity contribution is -0.157. The summed E-state index contributed by atoms with van der Waals surface area (Å²) in [5.41, 5.74) is -1.11. The van der Waals surface area contributed by atoms with E-state index in [4.69, 9.17) is 5.11 Å². The van der Waals surface area contributed by atoms with Gasteiger partial charge in [-0.2, -0.15) is 0 Å². The molecule has 0 radical (unpaired) electrons. The largest absolute Gasteiger partial charge is 0.480 e. The van der Waals surface area contributed by atoms with Crippen LogP contribution >= 0.6 is 0 Å². The topological polar surface area (TPSA) is 57.6 Å². The number of carboxylic acids is 1. The highest BCUT2D eigenvalue weighted by Crippen LogP contribution is 2.29. The molecule has 4 heteroatoms. The van der Waals surface area contributed by atoms with Gasteiger partial charge in [-0.3, -0.25) is 4.79 Å². The predicted molar refractivity (Wildman–Crippen MR) is 65.7 cm³/mol. The fraction of sp³-hybridized carbons (Fsp3) is 0.846. The number of likely N-dealkylation sites (N-methyl/N-ethyl adjacent to an activating group) is 1. The fourth-order valence-electron chi connectivity index (χ4n) is 2.57. The molecular formula is C13H23NO3. The Labute approximate surface area is 103 Å². The fourth-order valence-corrected chi connectivity index (χ4v) is 2.57. The molecule has 0 aromatic carbocycles. The van der Waals surface area contributed by atoms with Crippen LogP contribution in [-0.2, 0) is 9.59 Å². The molecule has 1 aliphatic carbocycles. The third-order valence-corrected chi connectivity index (χ3v) is 3.75. The van der Waals surface area contributed by atoms with Crippen molar-refractivity contribution in [2.75, 3.05) is 6.54 Å². The van der Waals surface area contributed by atoms with E-state index in [2.05, 4.69) is 0 Å². The number of carbonyl (C=O) groups excluding carboxylic acids is 1. The Morgan fingerprint density at radius 3 is 2.24 bits per heavy atom. The highest BCUT2D eigenvalue weighted by Gasteiger charge is 2.37. The highest BCUT2D eigenvalue weighted by atomic mass is 16.4. The lowest BCUT2D eigenvalue weighted by Crippen LogP contribution is -2.53. The van der Waals surface area contributed by atoms with Crippen molar-refractivity contribution in [2.24, 2.45) is 5.92 Å². The van der Waals surface area contributed by atoms with Gasteiger partial charge in [-0.1, -0.05) is 12.8 Å². The molecule has 4 nitrogen and oxygen atoms in total. The zero-order chi connectivity index (χ0) is 13.1. The molecule has 1 amide bonds. The Hall–Kier alpha value is -1.06. The van der Waals surface area contributed by atoms with Gasteiger partial charge in [0, 0.05) is 13.0 Å². The van der Waals surface area contributed by atoms with Crippen molar-refractivity contribution in [3.63, 3.8) is 0 Å². The van der Waals surface area contributed by atoms with E-state index in [1.165, 1.54) is 17.7 Å². The number of carbonyl (C=O) groups is 2. The Balaban J connectivity index is 2.66. The number of nitrogens with zero attached hydrogens (tertiary/aromatic N) is 1. The van der Waals surface area contributed by atoms with E-state index in [-0.39, 0.29) is 5.91 Å². The van der Waals surface area contributed by atoms with Gasteiger partial charge in [0.25, 0.3) is 0 Å². The Bertz CT molecular complexity index is 293. The van der Waals surface area contributed by atoms with Crippen LogP contribution in [0.15, 0.2) is 0 Å². The summed E-state index contributed by atoms with van der Waals surface area (Å²) >= 11 is 0. The van der Waals surface area contributed by atoms with Crippen molar-refractivity contribution in [1.29, 1.82) is 0 Å². The van der Waals surface area contributed by atoms with Gasteiger partial charge in [-0.25, -0.2) is 4.79 Å². The molecule has 0 aromatic heterocycles. The summed E-state index contributed by atoms with van der Waals surface area (Å²) in [6, 6.07) is 0. The summed E-state index contributed by atoms with van der Waals surface area (Å²) in [6.07, 6.45) is 5.12. The van der Waals surface area contributed by atoms with Crippen molar-refractivity contribution >= 4 is 11.9 Å². The van der Waals surface area contributed by atoms with Gasteiger partial charge in [-0.05, 0) is 39.5 Å². The van der Waals surface area contributed by atoms with E-state index in [0.29, 0.717) is 18.9 Å². The first-order valence-electron chi connectivity index (χ1n) is 6.43. The maximum absolute atomic E-state index is 12.1. The standard InChI is InChI=1S/C13H23NO3/c1-4-14(13(2,3)12(16)17)11(15)9-10-7-5-6-8-10/h10H,4-9H2,1-3H3,(H,16,17). The van der Waals surface area contributed by atoms with Gasteiger partial charge in [0.1, 0.15) is 5.54 Å². The lowest BCUT2D eigenvalue weighted by Gasteiger charge is -2.35. The van der Waals surface area contributed by atoms with Crippen molar-refractivity contribution in [3.05, 3.63) is 0 Å². The third kappa shape index (κ3) is 3.20. The van der Waals surface area contributed by atoms with Gasteiger partial charge in [0.05, 0.1) is 0 Å². The molecule has 0 heterocycles. The maximum atomic E-state index is 12.1. The Kier molecular flexibility index (Phi) is 4.54. The number of amides is 1. The van der Waals surface area contributed by atoms with Gasteiger partial charge >= 0.3 is 5.97 Å². The average Bonchev–Trinajstić information content (AvgIpc) is 2.70. The first kappa shape index (κ1) is 14.0. The second-order valence-corrected chi connectivity index (χ2v) is 5.36. The zero-order valence-electron chi connectivity index (χ0n) is 11.0. The molecule has 1 fully saturated rings. The van der Waals surface area contributed by atoms with Crippen LogP contribution < -0.4 is 0 Å². The van der Waals surface area contributed by atoms with Crippen molar-refractivity contribution in [3.8, 4) is 0 Å². The van der Waals surface area contributed by atoms with E-state index < -0.39 is 11.5 Å². The van der Waals surface area contributed by atoms with E-state index in [0.717, 1.165) is 12.8 Å². The van der Waals surface area contributed by atoms with Crippen molar-refractivity contribution in [1.82, 2.24) is 4.90 Å². The van der Waals surface area contributed by atoms with Crippen LogP contribution in [0.4, 0.5) is 0 Å². The van der Waals surface area contributed by atoms with E-state index in [1.807, 2.05) is 6.92 Å². The summed E-state index contributed by atoms with van der Waals surface area (Å²) in [6.45, 7) is 5.46. The molecule has 1 rings (SSSR count). The number of hydrogen-bond acceptors (Lipinski definition) is 2. The van der Waals surface area contributed by atoms with Crippen LogP contribution in [0.1, 0.15) is 52.9 Å². The summed E-state index contributed by atoms with van der Waals surface area (Å²) in [4.78, 5) is 24.8. The molecule has 0 aromatic rings. The molecule has 1 N–H and O–H groups in total. The molecule has 1 saturated carbocycles. The smallest absolute Gasteiger partial charge is 0.329 e. The summed E-state index contributed by atoms with van der Waals surface area (Å²) in [7, 11) is 0. The summed E-state index contributed by atoms with van der Waals surface area (Å²) in [5, 5.41) is 9.16. The molecule has 17 heavy (non-hydrogen) atoms. The van der Waals surface area contributed by atoms with Crippen LogP contribution in [0.25, 0.3) is 0 Å². The minimum atomic E-state index is -1.11. The molecule has 0 bridgehead atoms. The molecule has 0 aliphatic heterocycles. The molecule has 1 aliphatic rings. The van der Waals surface area contributed by atoms with Gasteiger partial charge in [0.2, 0.25) is 5.91 Å². The zero-order valence-corrected chi connectivity index (χ0v) is 11.0. The molecule has 0 atom stereocenters. The number of hydrogen-bond donors (Lipinski definition) is 1. The van der Waals surface area contributed by atoms with Gasteiger partial charge < -0.3 is 10.0 Å². The Morgan fingerprint density at radius 1 is 1.29 bits per heavy atom. The minimum absolute atomic E-state index is 0.0215. The monoisotopic (exact) mass is 241 g/mol. The third-order valence-electron chi connectivity index (χ3n) is 3.75. The van der Waals surface area contributed by atoms with Crippen LogP contribution in [0.3, 0.4) is 0 Å². The predicted octanol–water partition coefficient (Wildman–Crippen LogP) is 2.28. The van der Waals surface area contributed by atoms with Crippen LogP contribution in [-0.4, -0.2) is 34.0 Å². The number of aliphatic carboxylic acids is 1. The van der Waals surface area contributed by atoms with Crippen LogP contribution in [0.5, 0.6) is 0 Å². The summed E-state index contributed by atoms with van der Waals surface area (Å²) < 4.78 is 0. The van der Waals surface area contributed by atoms with Crippen molar-refractivity contribution < 1.29 is 14.7 Å². The Morgan fingerprint density at radius 2 is 1.82 bits per heavy atom. The second kappa shape index (κ2) is 5.52. The lowest BCUT2D eigenvalue weighted by atomic mass is 9.98. The quantitative estimate of drug-likeness (QED) is 0.803. The van der Waals surface area contributed by atoms with E-state index >= 15 is 0 Å². The van der Waals surface area contributed by atoms with E-state index in [1.54, 1.807) is 13.8 Å². The van der Waals surface area contributed by atoms with Gasteiger partial charge in [0.15, 0.2) is 0 Å². The van der Waals surface area contributed by atoms with Crippen LogP contribution in [0, 0.1) is 5.92 Å². The van der Waals surface area contributed by atoms with Crippen LogP contribution in [0.2, 0.25) is 0 Å². The normalized spacial score (nSPS) is 17.1. The minimum Gasteiger partial charge on any atom is -0.480 e. The first-order valence-corrected chi connectivity index (χ1v) is 6.43. The molecular weight excluding hydrogens is 218 g/mol. The second-order valence-electron chi connectivity index (χ2n) is 5.36. The highest BCUT2D eigenvalue weighted by molar-refractivity contribution is 5.86. The first-order chi connectivity index (χ1) is 7.89. The molecule has 0 saturated heterocycles. The van der Waals surface area contributed by atoms with E-state index in [9.17, 15) is 9.59 Å². The van der Waals surface area contributed by atoms with Crippen molar-refractivity contribution in [2.45, 2.75) is 58.4 Å². The number of rotatable bonds is 5. The average molecular weight is 241 g/mol. The SMILES string of the molecule is CCN(C(=O)CC1CCCC1)C(C)(C)C(=O)O.